The van der Waals surface area contributed by atoms with Crippen molar-refractivity contribution >= 4 is 11.0 Å². The Kier molecular flexibility index (Phi) is 6.68. The Morgan fingerprint density at radius 2 is 1.76 bits per heavy atom. The maximum Gasteiger partial charge on any atom is 0.170 e. The highest BCUT2D eigenvalue weighted by Crippen LogP contribution is 2.29. The van der Waals surface area contributed by atoms with Crippen LogP contribution in [0, 0.1) is 11.7 Å². The summed E-state index contributed by atoms with van der Waals surface area (Å²) >= 11 is 0. The third-order valence-corrected chi connectivity index (χ3v) is 6.52. The maximum atomic E-state index is 13.4. The van der Waals surface area contributed by atoms with Crippen LogP contribution >= 0.6 is 0 Å². The van der Waals surface area contributed by atoms with Gasteiger partial charge in [0.05, 0.1) is 6.61 Å². The van der Waals surface area contributed by atoms with Crippen LogP contribution in [0.5, 0.6) is 5.75 Å². The van der Waals surface area contributed by atoms with Gasteiger partial charge in [0.2, 0.25) is 0 Å². The molecule has 0 N–H and O–H groups in total. The standard InChI is InChI=1S/C28H29FN2O2/c29-24-9-12-26-27(20-24)33-30-28(26)23-7-10-25(11-8-23)32-18-4-15-31-16-13-22(14-17-31)19-21-5-2-1-3-6-21/h1-3,5-12,20,22H,4,13-19H2. The van der Waals surface area contributed by atoms with Crippen molar-refractivity contribution in [2.45, 2.75) is 25.7 Å². The zero-order valence-corrected chi connectivity index (χ0v) is 18.8. The average Bonchev–Trinajstić information content (AvgIpc) is 3.27. The number of ether oxygens (including phenoxy) is 1. The molecule has 33 heavy (non-hydrogen) atoms. The minimum absolute atomic E-state index is 0.328. The van der Waals surface area contributed by atoms with Crippen molar-refractivity contribution in [3.05, 3.63) is 84.2 Å². The normalized spacial score (nSPS) is 15.2. The van der Waals surface area contributed by atoms with E-state index >= 15 is 0 Å². The molecule has 1 aliphatic heterocycles. The number of aromatic nitrogens is 1. The summed E-state index contributed by atoms with van der Waals surface area (Å²) in [6.45, 7) is 4.15. The largest absolute Gasteiger partial charge is 0.494 e. The van der Waals surface area contributed by atoms with E-state index in [4.69, 9.17) is 9.26 Å². The highest BCUT2D eigenvalue weighted by molar-refractivity contribution is 5.91. The van der Waals surface area contributed by atoms with Gasteiger partial charge < -0.3 is 14.2 Å². The van der Waals surface area contributed by atoms with Crippen LogP contribution in [0.1, 0.15) is 24.8 Å². The van der Waals surface area contributed by atoms with Gasteiger partial charge in [0.1, 0.15) is 17.3 Å². The van der Waals surface area contributed by atoms with E-state index in [2.05, 4.69) is 40.4 Å². The molecule has 4 nitrogen and oxygen atoms in total. The third-order valence-electron chi connectivity index (χ3n) is 6.52. The second-order valence-corrected chi connectivity index (χ2v) is 8.87. The summed E-state index contributed by atoms with van der Waals surface area (Å²) in [5, 5.41) is 4.91. The summed E-state index contributed by atoms with van der Waals surface area (Å²) in [7, 11) is 0. The van der Waals surface area contributed by atoms with Crippen molar-refractivity contribution in [3.63, 3.8) is 0 Å². The fourth-order valence-electron chi connectivity index (χ4n) is 4.67. The van der Waals surface area contributed by atoms with Gasteiger partial charge in [-0.15, -0.1) is 0 Å². The summed E-state index contributed by atoms with van der Waals surface area (Å²) < 4.78 is 24.6. The SMILES string of the molecule is Fc1ccc2c(-c3ccc(OCCCN4CCC(Cc5ccccc5)CC4)cc3)noc2c1. The van der Waals surface area contributed by atoms with Crippen molar-refractivity contribution in [1.82, 2.24) is 10.1 Å². The molecule has 1 aromatic heterocycles. The summed E-state index contributed by atoms with van der Waals surface area (Å²) in [5.74, 6) is 1.32. The first-order valence-electron chi connectivity index (χ1n) is 11.8. The molecular formula is C28H29FN2O2. The lowest BCUT2D eigenvalue weighted by molar-refractivity contribution is 0.170. The summed E-state index contributed by atoms with van der Waals surface area (Å²) in [4.78, 5) is 2.56. The molecule has 1 aliphatic rings. The van der Waals surface area contributed by atoms with E-state index in [9.17, 15) is 4.39 Å². The Morgan fingerprint density at radius 1 is 0.970 bits per heavy atom. The number of nitrogens with zero attached hydrogens (tertiary/aromatic N) is 2. The number of hydrogen-bond donors (Lipinski definition) is 0. The van der Waals surface area contributed by atoms with E-state index in [1.54, 1.807) is 6.07 Å². The molecule has 4 aromatic rings. The fraction of sp³-hybridized carbons (Fsp3) is 0.321. The zero-order valence-electron chi connectivity index (χ0n) is 18.8. The molecule has 0 aliphatic carbocycles. The van der Waals surface area contributed by atoms with E-state index in [1.807, 2.05) is 24.3 Å². The van der Waals surface area contributed by atoms with E-state index < -0.39 is 0 Å². The van der Waals surface area contributed by atoms with Crippen molar-refractivity contribution in [3.8, 4) is 17.0 Å². The topological polar surface area (TPSA) is 38.5 Å². The Morgan fingerprint density at radius 3 is 2.55 bits per heavy atom. The van der Waals surface area contributed by atoms with Gasteiger partial charge in [0, 0.05) is 23.6 Å². The summed E-state index contributed by atoms with van der Waals surface area (Å²) in [5.41, 5.74) is 3.55. The lowest BCUT2D eigenvalue weighted by Gasteiger charge is -2.32. The van der Waals surface area contributed by atoms with Gasteiger partial charge in [0.15, 0.2) is 5.58 Å². The molecule has 170 valence electrons. The molecule has 2 heterocycles. The first-order chi connectivity index (χ1) is 16.2. The van der Waals surface area contributed by atoms with Crippen LogP contribution in [-0.4, -0.2) is 36.3 Å². The molecule has 0 bridgehead atoms. The maximum absolute atomic E-state index is 13.4. The molecule has 5 rings (SSSR count). The molecule has 0 unspecified atom stereocenters. The predicted octanol–water partition coefficient (Wildman–Crippen LogP) is 6.36. The van der Waals surface area contributed by atoms with Crippen molar-refractivity contribution in [1.29, 1.82) is 0 Å². The van der Waals surface area contributed by atoms with E-state index in [1.165, 1.54) is 50.0 Å². The molecule has 0 spiro atoms. The molecule has 1 saturated heterocycles. The van der Waals surface area contributed by atoms with Crippen LogP contribution in [0.15, 0.2) is 77.3 Å². The van der Waals surface area contributed by atoms with Crippen molar-refractivity contribution in [2.75, 3.05) is 26.2 Å². The fourth-order valence-corrected chi connectivity index (χ4v) is 4.67. The lowest BCUT2D eigenvalue weighted by atomic mass is 9.90. The van der Waals surface area contributed by atoms with Crippen LogP contribution in [0.25, 0.3) is 22.2 Å². The van der Waals surface area contributed by atoms with Crippen LogP contribution in [0.3, 0.4) is 0 Å². The molecule has 1 fully saturated rings. The van der Waals surface area contributed by atoms with E-state index in [0.717, 1.165) is 35.6 Å². The molecule has 5 heteroatoms. The van der Waals surface area contributed by atoms with Gasteiger partial charge in [-0.3, -0.25) is 0 Å². The molecule has 0 amide bonds. The van der Waals surface area contributed by atoms with Crippen molar-refractivity contribution < 1.29 is 13.7 Å². The van der Waals surface area contributed by atoms with Gasteiger partial charge in [-0.2, -0.15) is 0 Å². The molecular weight excluding hydrogens is 415 g/mol. The van der Waals surface area contributed by atoms with Gasteiger partial charge in [-0.25, -0.2) is 4.39 Å². The molecule has 0 atom stereocenters. The molecule has 3 aromatic carbocycles. The quantitative estimate of drug-likeness (QED) is 0.297. The van der Waals surface area contributed by atoms with Gasteiger partial charge in [-0.1, -0.05) is 35.5 Å². The van der Waals surface area contributed by atoms with Crippen molar-refractivity contribution in [2.24, 2.45) is 5.92 Å². The number of hydrogen-bond acceptors (Lipinski definition) is 4. The smallest absolute Gasteiger partial charge is 0.170 e. The first kappa shape index (κ1) is 21.7. The predicted molar refractivity (Wildman–Crippen MR) is 129 cm³/mol. The number of halogens is 1. The number of piperidine rings is 1. The van der Waals surface area contributed by atoms with Crippen LogP contribution in [0.4, 0.5) is 4.39 Å². The third kappa shape index (κ3) is 5.42. The first-order valence-corrected chi connectivity index (χ1v) is 11.8. The number of rotatable bonds is 8. The monoisotopic (exact) mass is 444 g/mol. The minimum atomic E-state index is -0.328. The second kappa shape index (κ2) is 10.2. The van der Waals surface area contributed by atoms with Gasteiger partial charge in [-0.05, 0) is 86.7 Å². The highest BCUT2D eigenvalue weighted by atomic mass is 19.1. The Balaban J connectivity index is 1.05. The Labute approximate surface area is 194 Å². The van der Waals surface area contributed by atoms with E-state index in [0.29, 0.717) is 17.9 Å². The second-order valence-electron chi connectivity index (χ2n) is 8.87. The zero-order chi connectivity index (χ0) is 22.5. The van der Waals surface area contributed by atoms with E-state index in [-0.39, 0.29) is 5.82 Å². The van der Waals surface area contributed by atoms with Crippen LogP contribution in [-0.2, 0) is 6.42 Å². The number of benzene rings is 3. The summed E-state index contributed by atoms with van der Waals surface area (Å²) in [6, 6.07) is 23.2. The van der Waals surface area contributed by atoms with Crippen LogP contribution < -0.4 is 4.74 Å². The summed E-state index contributed by atoms with van der Waals surface area (Å²) in [6.07, 6.45) is 4.78. The lowest BCUT2D eigenvalue weighted by Crippen LogP contribution is -2.35. The highest BCUT2D eigenvalue weighted by Gasteiger charge is 2.19. The number of fused-ring (bicyclic) bond motifs is 1. The Bertz CT molecular complexity index is 1170. The van der Waals surface area contributed by atoms with Gasteiger partial charge >= 0.3 is 0 Å². The van der Waals surface area contributed by atoms with Gasteiger partial charge in [0.25, 0.3) is 0 Å². The number of likely N-dealkylation sites (tertiary alicyclic amines) is 1. The Hall–Kier alpha value is -3.18. The average molecular weight is 445 g/mol. The molecule has 0 radical (unpaired) electrons. The minimum Gasteiger partial charge on any atom is -0.494 e. The van der Waals surface area contributed by atoms with Crippen LogP contribution in [0.2, 0.25) is 0 Å². The molecule has 0 saturated carbocycles.